The zero-order valence-corrected chi connectivity index (χ0v) is 15.1. The van der Waals surface area contributed by atoms with Crippen molar-refractivity contribution in [1.29, 1.82) is 0 Å². The van der Waals surface area contributed by atoms with E-state index in [9.17, 15) is 4.79 Å². The van der Waals surface area contributed by atoms with Crippen molar-refractivity contribution in [2.24, 2.45) is 5.92 Å². The molecular formula is C20H27N3O2. The molecule has 2 unspecified atom stereocenters. The number of hydrogen-bond donors (Lipinski definition) is 1. The minimum Gasteiger partial charge on any atom is -0.373 e. The molecule has 5 heteroatoms. The molecule has 0 aliphatic carbocycles. The Labute approximate surface area is 148 Å². The van der Waals surface area contributed by atoms with Gasteiger partial charge in [-0.2, -0.15) is 0 Å². The van der Waals surface area contributed by atoms with Crippen LogP contribution in [-0.4, -0.2) is 66.6 Å². The van der Waals surface area contributed by atoms with Crippen molar-refractivity contribution in [3.05, 3.63) is 36.0 Å². The average Bonchev–Trinajstić information content (AvgIpc) is 3.20. The van der Waals surface area contributed by atoms with E-state index < -0.39 is 0 Å². The van der Waals surface area contributed by atoms with Crippen LogP contribution in [0.5, 0.6) is 0 Å². The highest BCUT2D eigenvalue weighted by atomic mass is 16.5. The smallest absolute Gasteiger partial charge is 0.254 e. The fourth-order valence-corrected chi connectivity index (χ4v) is 4.49. The molecule has 2 aromatic rings. The van der Waals surface area contributed by atoms with Crippen molar-refractivity contribution in [2.45, 2.75) is 24.9 Å². The van der Waals surface area contributed by atoms with Crippen LogP contribution in [0.3, 0.4) is 0 Å². The summed E-state index contributed by atoms with van der Waals surface area (Å²) in [5.74, 6) is 0.690. The maximum atomic E-state index is 13.0. The van der Waals surface area contributed by atoms with E-state index in [1.54, 1.807) is 0 Å². The SMILES string of the molecule is CN(C)CC1COC2(CCCN(C(=O)c3ccc4cc[nH]c4c3)C2)C1. The third-order valence-electron chi connectivity index (χ3n) is 5.54. The highest BCUT2D eigenvalue weighted by Crippen LogP contribution is 2.38. The van der Waals surface area contributed by atoms with Crippen LogP contribution in [0.15, 0.2) is 30.5 Å². The predicted molar refractivity (Wildman–Crippen MR) is 98.8 cm³/mol. The number of carbonyl (C=O) groups excluding carboxylic acids is 1. The molecule has 3 heterocycles. The summed E-state index contributed by atoms with van der Waals surface area (Å²) in [7, 11) is 4.22. The lowest BCUT2D eigenvalue weighted by molar-refractivity contribution is -0.0450. The van der Waals surface area contributed by atoms with Crippen molar-refractivity contribution in [1.82, 2.24) is 14.8 Å². The van der Waals surface area contributed by atoms with E-state index in [0.717, 1.165) is 62.0 Å². The number of H-pyrrole nitrogens is 1. The standard InChI is InChI=1S/C20H27N3O2/c1-22(2)12-15-11-20(25-13-15)7-3-9-23(14-20)19(24)17-5-4-16-6-8-21-18(16)10-17/h4-6,8,10,15,21H,3,7,9,11-14H2,1-2H3. The Balaban J connectivity index is 1.48. The molecule has 2 aliphatic heterocycles. The summed E-state index contributed by atoms with van der Waals surface area (Å²) in [5, 5.41) is 1.14. The van der Waals surface area contributed by atoms with Gasteiger partial charge in [-0.1, -0.05) is 6.07 Å². The second kappa shape index (κ2) is 6.46. The van der Waals surface area contributed by atoms with E-state index in [-0.39, 0.29) is 11.5 Å². The Bertz CT molecular complexity index is 769. The fraction of sp³-hybridized carbons (Fsp3) is 0.550. The lowest BCUT2D eigenvalue weighted by Gasteiger charge is -2.40. The minimum atomic E-state index is -0.134. The molecule has 1 spiro atoms. The summed E-state index contributed by atoms with van der Waals surface area (Å²) in [6.07, 6.45) is 5.05. The van der Waals surface area contributed by atoms with Gasteiger partial charge in [0, 0.05) is 36.9 Å². The van der Waals surface area contributed by atoms with Gasteiger partial charge < -0.3 is 19.5 Å². The van der Waals surface area contributed by atoms with Gasteiger partial charge in [0.25, 0.3) is 5.91 Å². The monoisotopic (exact) mass is 341 g/mol. The molecule has 0 radical (unpaired) electrons. The first-order chi connectivity index (χ1) is 12.0. The van der Waals surface area contributed by atoms with Gasteiger partial charge in [-0.25, -0.2) is 0 Å². The van der Waals surface area contributed by atoms with E-state index in [0.29, 0.717) is 5.92 Å². The molecule has 2 atom stereocenters. The highest BCUT2D eigenvalue weighted by Gasteiger charge is 2.44. The molecule has 2 aliphatic rings. The third kappa shape index (κ3) is 3.31. The van der Waals surface area contributed by atoms with Crippen LogP contribution in [0.2, 0.25) is 0 Å². The van der Waals surface area contributed by atoms with Gasteiger partial charge in [-0.3, -0.25) is 4.79 Å². The first-order valence-corrected chi connectivity index (χ1v) is 9.20. The van der Waals surface area contributed by atoms with Gasteiger partial charge in [0.05, 0.1) is 12.2 Å². The van der Waals surface area contributed by atoms with E-state index in [2.05, 4.69) is 24.0 Å². The second-order valence-corrected chi connectivity index (χ2v) is 7.94. The zero-order valence-electron chi connectivity index (χ0n) is 15.1. The molecule has 1 amide bonds. The van der Waals surface area contributed by atoms with E-state index >= 15 is 0 Å². The first kappa shape index (κ1) is 16.6. The van der Waals surface area contributed by atoms with Crippen LogP contribution in [0.1, 0.15) is 29.6 Å². The highest BCUT2D eigenvalue weighted by molar-refractivity contribution is 5.98. The molecule has 4 rings (SSSR count). The summed E-state index contributed by atoms with van der Waals surface area (Å²) >= 11 is 0. The number of nitrogens with one attached hydrogen (secondary N) is 1. The summed E-state index contributed by atoms with van der Waals surface area (Å²) in [6.45, 7) is 3.41. The van der Waals surface area contributed by atoms with Crippen LogP contribution < -0.4 is 0 Å². The number of fused-ring (bicyclic) bond motifs is 1. The number of likely N-dealkylation sites (tertiary alicyclic amines) is 1. The number of benzene rings is 1. The molecule has 1 N–H and O–H groups in total. The van der Waals surface area contributed by atoms with Gasteiger partial charge in [0.2, 0.25) is 0 Å². The van der Waals surface area contributed by atoms with Gasteiger partial charge in [0.15, 0.2) is 0 Å². The molecule has 0 saturated carbocycles. The summed E-state index contributed by atoms with van der Waals surface area (Å²) in [5.41, 5.74) is 1.64. The van der Waals surface area contributed by atoms with Crippen molar-refractivity contribution < 1.29 is 9.53 Å². The molecule has 1 aromatic carbocycles. The number of amides is 1. The molecule has 2 fully saturated rings. The van der Waals surface area contributed by atoms with Gasteiger partial charge in [0.1, 0.15) is 0 Å². The van der Waals surface area contributed by atoms with Crippen LogP contribution in [0.4, 0.5) is 0 Å². The maximum Gasteiger partial charge on any atom is 0.254 e. The van der Waals surface area contributed by atoms with Gasteiger partial charge >= 0.3 is 0 Å². The van der Waals surface area contributed by atoms with E-state index in [4.69, 9.17) is 4.74 Å². The molecule has 0 bridgehead atoms. The molecule has 134 valence electrons. The number of hydrogen-bond acceptors (Lipinski definition) is 3. The zero-order chi connectivity index (χ0) is 17.4. The summed E-state index contributed by atoms with van der Waals surface area (Å²) < 4.78 is 6.24. The number of carbonyl (C=O) groups is 1. The Kier molecular flexibility index (Phi) is 4.29. The Morgan fingerprint density at radius 3 is 3.12 bits per heavy atom. The van der Waals surface area contributed by atoms with Crippen LogP contribution in [0, 0.1) is 5.92 Å². The van der Waals surface area contributed by atoms with E-state index in [1.165, 1.54) is 0 Å². The third-order valence-corrected chi connectivity index (χ3v) is 5.54. The number of rotatable bonds is 3. The Morgan fingerprint density at radius 1 is 1.40 bits per heavy atom. The molecule has 5 nitrogen and oxygen atoms in total. The van der Waals surface area contributed by atoms with Crippen molar-refractivity contribution in [2.75, 3.05) is 40.3 Å². The number of aromatic nitrogens is 1. The fourth-order valence-electron chi connectivity index (χ4n) is 4.49. The molecular weight excluding hydrogens is 314 g/mol. The van der Waals surface area contributed by atoms with Crippen molar-refractivity contribution >= 4 is 16.8 Å². The van der Waals surface area contributed by atoms with Crippen LogP contribution in [-0.2, 0) is 4.74 Å². The molecule has 25 heavy (non-hydrogen) atoms. The minimum absolute atomic E-state index is 0.121. The number of ether oxygens (including phenoxy) is 1. The largest absolute Gasteiger partial charge is 0.373 e. The average molecular weight is 341 g/mol. The van der Waals surface area contributed by atoms with Gasteiger partial charge in [-0.15, -0.1) is 0 Å². The molecule has 1 aromatic heterocycles. The number of nitrogens with zero attached hydrogens (tertiary/aromatic N) is 2. The number of piperidine rings is 1. The van der Waals surface area contributed by atoms with Gasteiger partial charge in [-0.05, 0) is 62.9 Å². The quantitative estimate of drug-likeness (QED) is 0.934. The van der Waals surface area contributed by atoms with Crippen molar-refractivity contribution in [3.8, 4) is 0 Å². The summed E-state index contributed by atoms with van der Waals surface area (Å²) in [6, 6.07) is 7.93. The molecule has 2 saturated heterocycles. The lowest BCUT2D eigenvalue weighted by atomic mass is 9.86. The Hall–Kier alpha value is -1.85. The second-order valence-electron chi connectivity index (χ2n) is 7.94. The first-order valence-electron chi connectivity index (χ1n) is 9.20. The van der Waals surface area contributed by atoms with E-state index in [1.807, 2.05) is 35.4 Å². The van der Waals surface area contributed by atoms with Crippen LogP contribution in [0.25, 0.3) is 10.9 Å². The Morgan fingerprint density at radius 2 is 2.28 bits per heavy atom. The lowest BCUT2D eigenvalue weighted by Crippen LogP contribution is -2.50. The number of aromatic amines is 1. The maximum absolute atomic E-state index is 13.0. The summed E-state index contributed by atoms with van der Waals surface area (Å²) in [4.78, 5) is 20.4. The normalized spacial score (nSPS) is 26.8. The van der Waals surface area contributed by atoms with Crippen LogP contribution >= 0.6 is 0 Å². The topological polar surface area (TPSA) is 48.6 Å². The van der Waals surface area contributed by atoms with Crippen molar-refractivity contribution in [3.63, 3.8) is 0 Å². The predicted octanol–water partition coefficient (Wildman–Crippen LogP) is 2.74.